The third kappa shape index (κ3) is 2.66. The van der Waals surface area contributed by atoms with E-state index in [1.165, 1.54) is 24.8 Å². The van der Waals surface area contributed by atoms with E-state index in [0.717, 1.165) is 25.3 Å². The molecule has 1 aromatic rings. The number of rotatable bonds is 5. The zero-order valence-corrected chi connectivity index (χ0v) is 11.7. The van der Waals surface area contributed by atoms with E-state index in [2.05, 4.69) is 35.9 Å². The molecule has 3 heteroatoms. The Morgan fingerprint density at radius 2 is 2.11 bits per heavy atom. The number of pyridine rings is 1. The van der Waals surface area contributed by atoms with Crippen molar-refractivity contribution in [3.63, 3.8) is 0 Å². The van der Waals surface area contributed by atoms with Gasteiger partial charge in [-0.05, 0) is 49.3 Å². The molecule has 1 aromatic heterocycles. The molecule has 0 spiro atoms. The molecular formula is C15H25N3. The maximum atomic E-state index is 5.55. The fourth-order valence-electron chi connectivity index (χ4n) is 2.88. The highest BCUT2D eigenvalue weighted by atomic mass is 15.2. The zero-order chi connectivity index (χ0) is 13.0. The van der Waals surface area contributed by atoms with Crippen molar-refractivity contribution < 1.29 is 0 Å². The Labute approximate surface area is 110 Å². The third-order valence-electron chi connectivity index (χ3n) is 4.50. The predicted octanol–water partition coefficient (Wildman–Crippen LogP) is 2.60. The van der Waals surface area contributed by atoms with Crippen LogP contribution in [0.1, 0.15) is 38.7 Å². The number of aromatic nitrogens is 1. The van der Waals surface area contributed by atoms with Gasteiger partial charge in [-0.2, -0.15) is 0 Å². The van der Waals surface area contributed by atoms with Crippen LogP contribution in [-0.2, 0) is 6.42 Å². The first-order valence-electron chi connectivity index (χ1n) is 7.13. The molecular weight excluding hydrogens is 222 g/mol. The quantitative estimate of drug-likeness (QED) is 0.869. The lowest BCUT2D eigenvalue weighted by Gasteiger charge is -2.26. The van der Waals surface area contributed by atoms with Gasteiger partial charge in [0.1, 0.15) is 5.82 Å². The first kappa shape index (κ1) is 13.3. The minimum atomic E-state index is 0.512. The highest BCUT2D eigenvalue weighted by Gasteiger charge is 2.35. The van der Waals surface area contributed by atoms with Crippen LogP contribution in [0.25, 0.3) is 0 Å². The molecule has 2 rings (SSSR count). The first-order valence-corrected chi connectivity index (χ1v) is 7.13. The van der Waals surface area contributed by atoms with E-state index in [0.29, 0.717) is 12.0 Å². The van der Waals surface area contributed by atoms with Crippen molar-refractivity contribution >= 4 is 5.82 Å². The highest BCUT2D eigenvalue weighted by molar-refractivity contribution is 5.41. The topological polar surface area (TPSA) is 42.1 Å². The largest absolute Gasteiger partial charge is 0.356 e. The van der Waals surface area contributed by atoms with Crippen molar-refractivity contribution in [1.29, 1.82) is 0 Å². The summed E-state index contributed by atoms with van der Waals surface area (Å²) in [7, 11) is 0. The van der Waals surface area contributed by atoms with Gasteiger partial charge in [0.25, 0.3) is 0 Å². The minimum Gasteiger partial charge on any atom is -0.356 e. The zero-order valence-electron chi connectivity index (χ0n) is 11.7. The average Bonchev–Trinajstić information content (AvgIpc) is 2.85. The van der Waals surface area contributed by atoms with Gasteiger partial charge < -0.3 is 10.6 Å². The number of anilines is 1. The van der Waals surface area contributed by atoms with Crippen LogP contribution in [0.15, 0.2) is 18.3 Å². The van der Waals surface area contributed by atoms with Crippen molar-refractivity contribution in [3.05, 3.63) is 23.9 Å². The molecule has 1 aliphatic rings. The van der Waals surface area contributed by atoms with Crippen molar-refractivity contribution in [3.8, 4) is 0 Å². The Hall–Kier alpha value is -1.09. The maximum absolute atomic E-state index is 5.55. The Morgan fingerprint density at radius 1 is 1.33 bits per heavy atom. The monoisotopic (exact) mass is 247 g/mol. The lowest BCUT2D eigenvalue weighted by atomic mass is 9.82. The SMILES string of the molecule is CCC1(CC)CCN(c2ccc(CCN)cn2)C1. The Balaban J connectivity index is 2.05. The summed E-state index contributed by atoms with van der Waals surface area (Å²) in [5, 5.41) is 0. The van der Waals surface area contributed by atoms with Gasteiger partial charge in [-0.3, -0.25) is 0 Å². The molecule has 0 amide bonds. The van der Waals surface area contributed by atoms with E-state index in [1.807, 2.05) is 6.20 Å². The molecule has 0 bridgehead atoms. The van der Waals surface area contributed by atoms with Crippen LogP contribution in [-0.4, -0.2) is 24.6 Å². The van der Waals surface area contributed by atoms with Crippen LogP contribution in [0.5, 0.6) is 0 Å². The Morgan fingerprint density at radius 3 is 2.61 bits per heavy atom. The van der Waals surface area contributed by atoms with Crippen molar-refractivity contribution in [1.82, 2.24) is 4.98 Å². The van der Waals surface area contributed by atoms with Crippen molar-refractivity contribution in [2.75, 3.05) is 24.5 Å². The molecule has 3 nitrogen and oxygen atoms in total. The molecule has 0 radical (unpaired) electrons. The fourth-order valence-corrected chi connectivity index (χ4v) is 2.88. The van der Waals surface area contributed by atoms with Crippen LogP contribution in [0.2, 0.25) is 0 Å². The van der Waals surface area contributed by atoms with Crippen LogP contribution < -0.4 is 10.6 Å². The van der Waals surface area contributed by atoms with Crippen LogP contribution in [0.3, 0.4) is 0 Å². The molecule has 2 N–H and O–H groups in total. The molecule has 18 heavy (non-hydrogen) atoms. The summed E-state index contributed by atoms with van der Waals surface area (Å²) < 4.78 is 0. The van der Waals surface area contributed by atoms with E-state index < -0.39 is 0 Å². The number of nitrogens with zero attached hydrogens (tertiary/aromatic N) is 2. The van der Waals surface area contributed by atoms with Gasteiger partial charge in [-0.1, -0.05) is 19.9 Å². The summed E-state index contributed by atoms with van der Waals surface area (Å²) in [4.78, 5) is 7.01. The van der Waals surface area contributed by atoms with Crippen LogP contribution in [0, 0.1) is 5.41 Å². The van der Waals surface area contributed by atoms with E-state index in [4.69, 9.17) is 5.73 Å². The van der Waals surface area contributed by atoms with Gasteiger partial charge in [0, 0.05) is 19.3 Å². The summed E-state index contributed by atoms with van der Waals surface area (Å²) in [6.45, 7) is 7.61. The van der Waals surface area contributed by atoms with Crippen molar-refractivity contribution in [2.24, 2.45) is 11.1 Å². The molecule has 0 aliphatic carbocycles. The van der Waals surface area contributed by atoms with Gasteiger partial charge >= 0.3 is 0 Å². The smallest absolute Gasteiger partial charge is 0.128 e. The molecule has 0 saturated carbocycles. The molecule has 1 fully saturated rings. The van der Waals surface area contributed by atoms with E-state index >= 15 is 0 Å². The first-order chi connectivity index (χ1) is 8.73. The average molecular weight is 247 g/mol. The standard InChI is InChI=1S/C15H25N3/c1-3-15(4-2)8-10-18(12-15)14-6-5-13(7-9-16)11-17-14/h5-6,11H,3-4,7-10,12,16H2,1-2H3. The third-order valence-corrected chi connectivity index (χ3v) is 4.50. The lowest BCUT2D eigenvalue weighted by Crippen LogP contribution is -2.26. The summed E-state index contributed by atoms with van der Waals surface area (Å²) in [6.07, 6.45) is 6.73. The van der Waals surface area contributed by atoms with Crippen LogP contribution in [0.4, 0.5) is 5.82 Å². The molecule has 0 atom stereocenters. The summed E-state index contributed by atoms with van der Waals surface area (Å²) in [5.74, 6) is 1.12. The maximum Gasteiger partial charge on any atom is 0.128 e. The molecule has 1 saturated heterocycles. The second-order valence-electron chi connectivity index (χ2n) is 5.44. The van der Waals surface area contributed by atoms with Gasteiger partial charge in [0.05, 0.1) is 0 Å². The summed E-state index contributed by atoms with van der Waals surface area (Å²) in [6, 6.07) is 4.31. The molecule has 2 heterocycles. The van der Waals surface area contributed by atoms with Gasteiger partial charge in [-0.25, -0.2) is 4.98 Å². The normalized spacial score (nSPS) is 18.3. The highest BCUT2D eigenvalue weighted by Crippen LogP contribution is 2.38. The van der Waals surface area contributed by atoms with Gasteiger partial charge in [0.15, 0.2) is 0 Å². The molecule has 100 valence electrons. The fraction of sp³-hybridized carbons (Fsp3) is 0.667. The number of hydrogen-bond acceptors (Lipinski definition) is 3. The van der Waals surface area contributed by atoms with E-state index in [-0.39, 0.29) is 0 Å². The summed E-state index contributed by atoms with van der Waals surface area (Å²) >= 11 is 0. The lowest BCUT2D eigenvalue weighted by molar-refractivity contribution is 0.301. The van der Waals surface area contributed by atoms with Crippen LogP contribution >= 0.6 is 0 Å². The molecule has 0 aromatic carbocycles. The molecule has 1 aliphatic heterocycles. The Kier molecular flexibility index (Phi) is 4.23. The predicted molar refractivity (Wildman–Crippen MR) is 76.8 cm³/mol. The number of hydrogen-bond donors (Lipinski definition) is 1. The van der Waals surface area contributed by atoms with Gasteiger partial charge in [0.2, 0.25) is 0 Å². The van der Waals surface area contributed by atoms with E-state index in [9.17, 15) is 0 Å². The second kappa shape index (κ2) is 5.70. The van der Waals surface area contributed by atoms with Gasteiger partial charge in [-0.15, -0.1) is 0 Å². The van der Waals surface area contributed by atoms with Crippen molar-refractivity contribution in [2.45, 2.75) is 39.5 Å². The number of nitrogens with two attached hydrogens (primary N) is 1. The summed E-state index contributed by atoms with van der Waals surface area (Å²) in [5.41, 5.74) is 7.30. The Bertz CT molecular complexity index is 368. The second-order valence-corrected chi connectivity index (χ2v) is 5.44. The van der Waals surface area contributed by atoms with E-state index in [1.54, 1.807) is 0 Å². The molecule has 0 unspecified atom stereocenters. The minimum absolute atomic E-state index is 0.512.